The van der Waals surface area contributed by atoms with Gasteiger partial charge in [0.15, 0.2) is 0 Å². The van der Waals surface area contributed by atoms with Gasteiger partial charge in [-0.3, -0.25) is 9.88 Å². The third-order valence-electron chi connectivity index (χ3n) is 3.06. The summed E-state index contributed by atoms with van der Waals surface area (Å²) in [6, 6.07) is 4.24. The van der Waals surface area contributed by atoms with Crippen molar-refractivity contribution in [3.05, 3.63) is 24.5 Å². The average Bonchev–Trinajstić information content (AvgIpc) is 2.69. The first kappa shape index (κ1) is 11.4. The van der Waals surface area contributed by atoms with E-state index in [9.17, 15) is 0 Å². The first-order chi connectivity index (χ1) is 7.79. The summed E-state index contributed by atoms with van der Waals surface area (Å²) in [5, 5.41) is 0. The van der Waals surface area contributed by atoms with Crippen LogP contribution in [0.2, 0.25) is 0 Å². The van der Waals surface area contributed by atoms with Gasteiger partial charge in [-0.1, -0.05) is 0 Å². The Labute approximate surface area is 96.2 Å². The van der Waals surface area contributed by atoms with Gasteiger partial charge >= 0.3 is 0 Å². The van der Waals surface area contributed by atoms with Crippen molar-refractivity contribution >= 4 is 0 Å². The van der Waals surface area contributed by atoms with Gasteiger partial charge < -0.3 is 9.47 Å². The maximum atomic E-state index is 5.69. The highest BCUT2D eigenvalue weighted by atomic mass is 16.5. The van der Waals surface area contributed by atoms with Gasteiger partial charge in [0.05, 0.1) is 12.3 Å². The number of ether oxygens (including phenoxy) is 2. The number of rotatable bonds is 4. The summed E-state index contributed by atoms with van der Waals surface area (Å²) >= 11 is 0. The molecule has 2 rings (SSSR count). The van der Waals surface area contributed by atoms with Gasteiger partial charge in [-0.2, -0.15) is 0 Å². The molecule has 1 aromatic heterocycles. The number of likely N-dealkylation sites (tertiary alicyclic amines) is 1. The fourth-order valence-electron chi connectivity index (χ4n) is 2.02. The lowest BCUT2D eigenvalue weighted by molar-refractivity contribution is 0.111. The number of likely N-dealkylation sites (N-methyl/N-ethyl adjacent to an activating group) is 1. The van der Waals surface area contributed by atoms with Crippen molar-refractivity contribution in [3.8, 4) is 5.75 Å². The summed E-state index contributed by atoms with van der Waals surface area (Å²) in [7, 11) is 3.87. The van der Waals surface area contributed by atoms with Crippen LogP contribution in [0.5, 0.6) is 5.75 Å². The van der Waals surface area contributed by atoms with Crippen molar-refractivity contribution in [2.45, 2.75) is 18.6 Å². The molecule has 88 valence electrons. The molecule has 0 spiro atoms. The SMILES string of the molecule is COC1C[C@@H](COc2cccnc2)N(C)C1. The van der Waals surface area contributed by atoms with Crippen LogP contribution in [-0.4, -0.2) is 49.3 Å². The number of nitrogens with zero attached hydrogens (tertiary/aromatic N) is 2. The topological polar surface area (TPSA) is 34.6 Å². The molecule has 0 amide bonds. The largest absolute Gasteiger partial charge is 0.490 e. The van der Waals surface area contributed by atoms with Gasteiger partial charge in [-0.15, -0.1) is 0 Å². The van der Waals surface area contributed by atoms with Crippen LogP contribution >= 0.6 is 0 Å². The molecule has 0 aliphatic carbocycles. The minimum Gasteiger partial charge on any atom is -0.490 e. The minimum absolute atomic E-state index is 0.340. The number of aromatic nitrogens is 1. The monoisotopic (exact) mass is 222 g/mol. The lowest BCUT2D eigenvalue weighted by atomic mass is 10.2. The molecule has 0 bridgehead atoms. The van der Waals surface area contributed by atoms with Crippen molar-refractivity contribution in [3.63, 3.8) is 0 Å². The highest BCUT2D eigenvalue weighted by Gasteiger charge is 2.29. The van der Waals surface area contributed by atoms with Crippen LogP contribution in [0, 0.1) is 0 Å². The van der Waals surface area contributed by atoms with E-state index >= 15 is 0 Å². The van der Waals surface area contributed by atoms with Gasteiger partial charge in [-0.25, -0.2) is 0 Å². The molecule has 16 heavy (non-hydrogen) atoms. The first-order valence-corrected chi connectivity index (χ1v) is 5.55. The van der Waals surface area contributed by atoms with Crippen molar-refractivity contribution < 1.29 is 9.47 Å². The quantitative estimate of drug-likeness (QED) is 0.766. The van der Waals surface area contributed by atoms with E-state index in [1.54, 1.807) is 19.5 Å². The standard InChI is InChI=1S/C12H18N2O2/c1-14-8-12(15-2)6-10(14)9-16-11-4-3-5-13-7-11/h3-5,7,10,12H,6,8-9H2,1-2H3/t10-,12?/m0/s1. The second-order valence-corrected chi connectivity index (χ2v) is 4.19. The van der Waals surface area contributed by atoms with Crippen molar-refractivity contribution in [2.24, 2.45) is 0 Å². The maximum Gasteiger partial charge on any atom is 0.137 e. The van der Waals surface area contributed by atoms with Crippen LogP contribution in [0.4, 0.5) is 0 Å². The summed E-state index contributed by atoms with van der Waals surface area (Å²) < 4.78 is 11.0. The molecule has 2 heterocycles. The number of pyridine rings is 1. The lowest BCUT2D eigenvalue weighted by Crippen LogP contribution is -2.30. The molecule has 0 saturated carbocycles. The molecule has 4 heteroatoms. The molecule has 1 aliphatic rings. The third kappa shape index (κ3) is 2.71. The Balaban J connectivity index is 1.82. The predicted molar refractivity (Wildman–Crippen MR) is 61.6 cm³/mol. The van der Waals surface area contributed by atoms with Gasteiger partial charge in [0.25, 0.3) is 0 Å². The van der Waals surface area contributed by atoms with Crippen LogP contribution in [0.25, 0.3) is 0 Å². The van der Waals surface area contributed by atoms with Crippen LogP contribution in [0.3, 0.4) is 0 Å². The Morgan fingerprint density at radius 2 is 2.44 bits per heavy atom. The zero-order valence-corrected chi connectivity index (χ0v) is 9.80. The smallest absolute Gasteiger partial charge is 0.137 e. The zero-order chi connectivity index (χ0) is 11.4. The van der Waals surface area contributed by atoms with Gasteiger partial charge in [0, 0.05) is 25.9 Å². The van der Waals surface area contributed by atoms with Crippen molar-refractivity contribution in [1.82, 2.24) is 9.88 Å². The second-order valence-electron chi connectivity index (χ2n) is 4.19. The Bertz CT molecular complexity index is 318. The predicted octanol–water partition coefficient (Wildman–Crippen LogP) is 1.18. The Morgan fingerprint density at radius 1 is 1.56 bits per heavy atom. The van der Waals surface area contributed by atoms with Crippen LogP contribution < -0.4 is 4.74 Å². The second kappa shape index (κ2) is 5.27. The Hall–Kier alpha value is -1.13. The minimum atomic E-state index is 0.340. The molecule has 2 atom stereocenters. The molecule has 1 aromatic rings. The third-order valence-corrected chi connectivity index (χ3v) is 3.06. The van der Waals surface area contributed by atoms with Crippen LogP contribution in [-0.2, 0) is 4.74 Å². The molecule has 0 N–H and O–H groups in total. The van der Waals surface area contributed by atoms with E-state index < -0.39 is 0 Å². The van der Waals surface area contributed by atoms with Gasteiger partial charge in [-0.05, 0) is 25.6 Å². The van der Waals surface area contributed by atoms with Crippen molar-refractivity contribution in [1.29, 1.82) is 0 Å². The summed E-state index contributed by atoms with van der Waals surface area (Å²) in [6.45, 7) is 1.68. The van der Waals surface area contributed by atoms with Crippen molar-refractivity contribution in [2.75, 3.05) is 27.3 Å². The summed E-state index contributed by atoms with van der Waals surface area (Å²) in [5.41, 5.74) is 0. The number of methoxy groups -OCH3 is 1. The van der Waals surface area contributed by atoms with E-state index in [1.807, 2.05) is 12.1 Å². The van der Waals surface area contributed by atoms with E-state index in [1.165, 1.54) is 0 Å². The summed E-state index contributed by atoms with van der Waals surface area (Å²) in [4.78, 5) is 6.30. The molecule has 1 unspecified atom stereocenters. The normalized spacial score (nSPS) is 25.9. The van der Waals surface area contributed by atoms with Crippen LogP contribution in [0.1, 0.15) is 6.42 Å². The molecule has 1 saturated heterocycles. The first-order valence-electron chi connectivity index (χ1n) is 5.55. The number of hydrogen-bond donors (Lipinski definition) is 0. The Kier molecular flexibility index (Phi) is 3.74. The highest BCUT2D eigenvalue weighted by molar-refractivity contribution is 5.15. The van der Waals surface area contributed by atoms with E-state index in [-0.39, 0.29) is 0 Å². The molecular formula is C12H18N2O2. The van der Waals surface area contributed by atoms with Gasteiger partial charge in [0.2, 0.25) is 0 Å². The van der Waals surface area contributed by atoms with E-state index in [0.717, 1.165) is 18.7 Å². The molecule has 1 fully saturated rings. The highest BCUT2D eigenvalue weighted by Crippen LogP contribution is 2.19. The van der Waals surface area contributed by atoms with E-state index in [4.69, 9.17) is 9.47 Å². The molecule has 0 aromatic carbocycles. The van der Waals surface area contributed by atoms with Crippen LogP contribution in [0.15, 0.2) is 24.5 Å². The molecule has 0 radical (unpaired) electrons. The summed E-state index contributed by atoms with van der Waals surface area (Å²) in [5.74, 6) is 0.830. The average molecular weight is 222 g/mol. The molecular weight excluding hydrogens is 204 g/mol. The fourth-order valence-corrected chi connectivity index (χ4v) is 2.02. The maximum absolute atomic E-state index is 5.69. The van der Waals surface area contributed by atoms with Gasteiger partial charge in [0.1, 0.15) is 12.4 Å². The van der Waals surface area contributed by atoms with E-state index in [0.29, 0.717) is 18.8 Å². The zero-order valence-electron chi connectivity index (χ0n) is 9.80. The molecule has 4 nitrogen and oxygen atoms in total. The Morgan fingerprint density at radius 3 is 3.06 bits per heavy atom. The fraction of sp³-hybridized carbons (Fsp3) is 0.583. The molecule has 1 aliphatic heterocycles. The summed E-state index contributed by atoms with van der Waals surface area (Å²) in [6.07, 6.45) is 4.86. The lowest BCUT2D eigenvalue weighted by Gasteiger charge is -2.18. The number of hydrogen-bond acceptors (Lipinski definition) is 4. The van der Waals surface area contributed by atoms with E-state index in [2.05, 4.69) is 16.9 Å².